The lowest BCUT2D eigenvalue weighted by Crippen LogP contribution is -2.47. The number of aromatic nitrogens is 3. The predicted octanol–water partition coefficient (Wildman–Crippen LogP) is 3.52. The van der Waals surface area contributed by atoms with Gasteiger partial charge in [0.2, 0.25) is 5.91 Å². The molecule has 1 aliphatic heterocycles. The van der Waals surface area contributed by atoms with E-state index in [0.29, 0.717) is 17.0 Å². The van der Waals surface area contributed by atoms with Crippen molar-refractivity contribution in [1.82, 2.24) is 25.2 Å². The van der Waals surface area contributed by atoms with Gasteiger partial charge in [-0.2, -0.15) is 13.2 Å². The normalized spacial score (nSPS) is 18.8. The third-order valence-electron chi connectivity index (χ3n) is 4.70. The van der Waals surface area contributed by atoms with Crippen LogP contribution in [0.4, 0.5) is 22.4 Å². The van der Waals surface area contributed by atoms with Crippen LogP contribution in [0.3, 0.4) is 0 Å². The quantitative estimate of drug-likeness (QED) is 0.689. The summed E-state index contributed by atoms with van der Waals surface area (Å²) in [4.78, 5) is 37.5. The van der Waals surface area contributed by atoms with E-state index >= 15 is 0 Å². The van der Waals surface area contributed by atoms with Crippen LogP contribution < -0.4 is 5.32 Å². The Morgan fingerprint density at radius 2 is 1.91 bits per heavy atom. The number of carbonyl (C=O) groups excluding carboxylic acids is 2. The van der Waals surface area contributed by atoms with Crippen molar-refractivity contribution in [2.75, 3.05) is 6.54 Å². The number of nitrogens with zero attached hydrogens (tertiary/aromatic N) is 4. The van der Waals surface area contributed by atoms with Gasteiger partial charge in [-0.1, -0.05) is 0 Å². The molecule has 1 aliphatic rings. The minimum atomic E-state index is -4.55. The summed E-state index contributed by atoms with van der Waals surface area (Å²) < 4.78 is 57.3. The smallest absolute Gasteiger partial charge is 0.433 e. The van der Waals surface area contributed by atoms with Crippen molar-refractivity contribution in [3.63, 3.8) is 0 Å². The Morgan fingerprint density at radius 1 is 1.18 bits per heavy atom. The number of ether oxygens (including phenoxy) is 1. The van der Waals surface area contributed by atoms with Crippen molar-refractivity contribution in [1.29, 1.82) is 0 Å². The van der Waals surface area contributed by atoms with Crippen LogP contribution in [0, 0.1) is 0 Å². The van der Waals surface area contributed by atoms with E-state index in [4.69, 9.17) is 4.74 Å². The Hall–Kier alpha value is -3.31. The number of carbonyl (C=O) groups is 2. The lowest BCUT2D eigenvalue weighted by atomic mass is 10.1. The van der Waals surface area contributed by atoms with Crippen molar-refractivity contribution < 1.29 is 31.9 Å². The lowest BCUT2D eigenvalue weighted by molar-refractivity contribution is -0.141. The second kappa shape index (κ2) is 9.28. The van der Waals surface area contributed by atoms with E-state index in [0.717, 1.165) is 17.2 Å². The van der Waals surface area contributed by atoms with E-state index in [-0.39, 0.29) is 19.5 Å². The number of pyridine rings is 1. The fourth-order valence-electron chi connectivity index (χ4n) is 3.22. The molecule has 0 aliphatic carbocycles. The van der Waals surface area contributed by atoms with Gasteiger partial charge in [0.25, 0.3) is 0 Å². The predicted molar refractivity (Wildman–Crippen MR) is 108 cm³/mol. The zero-order valence-electron chi connectivity index (χ0n) is 18.2. The summed E-state index contributed by atoms with van der Waals surface area (Å²) in [5.41, 5.74) is -0.797. The number of hydrogen-bond donors (Lipinski definition) is 1. The monoisotopic (exact) mass is 469 g/mol. The molecule has 12 heteroatoms. The lowest BCUT2D eigenvalue weighted by Gasteiger charge is -2.27. The summed E-state index contributed by atoms with van der Waals surface area (Å²) in [6.07, 6.45) is -4.59. The summed E-state index contributed by atoms with van der Waals surface area (Å²) in [7, 11) is 0. The zero-order chi connectivity index (χ0) is 24.4. The second-order valence-electron chi connectivity index (χ2n) is 8.52. The van der Waals surface area contributed by atoms with Crippen LogP contribution in [-0.4, -0.2) is 56.2 Å². The average Bonchev–Trinajstić information content (AvgIpc) is 3.12. The first-order chi connectivity index (χ1) is 15.3. The molecule has 2 amide bonds. The van der Waals surface area contributed by atoms with E-state index in [1.54, 1.807) is 20.8 Å². The molecular formula is C21H23F4N5O3. The standard InChI is InChI=1S/C21H23F4N5O3/c1-20(2,3)33-19(32)30-10-13(22)6-16(30)18(31)27-9-14-7-15(29-11-28-14)12-4-5-17(26-8-12)21(23,24)25/h4-5,7-8,11,13,16H,6,9-10H2,1-3H3,(H,27,31)/t13-,16+/m1/s1. The Morgan fingerprint density at radius 3 is 2.52 bits per heavy atom. The second-order valence-corrected chi connectivity index (χ2v) is 8.52. The molecule has 0 saturated carbocycles. The van der Waals surface area contributed by atoms with Gasteiger partial charge in [-0.25, -0.2) is 19.2 Å². The third-order valence-corrected chi connectivity index (χ3v) is 4.70. The van der Waals surface area contributed by atoms with Crippen LogP contribution in [-0.2, 0) is 22.3 Å². The maximum atomic E-state index is 14.0. The van der Waals surface area contributed by atoms with E-state index in [1.807, 2.05) is 0 Å². The van der Waals surface area contributed by atoms with Crippen LogP contribution in [0.25, 0.3) is 11.3 Å². The van der Waals surface area contributed by atoms with Gasteiger partial charge in [-0.3, -0.25) is 14.7 Å². The highest BCUT2D eigenvalue weighted by atomic mass is 19.4. The molecule has 3 heterocycles. The highest BCUT2D eigenvalue weighted by molar-refractivity contribution is 5.86. The number of alkyl halides is 4. The number of halogens is 4. The Labute approximate surface area is 187 Å². The first kappa shape index (κ1) is 24.3. The molecule has 0 unspecified atom stereocenters. The number of hydrogen-bond acceptors (Lipinski definition) is 6. The third kappa shape index (κ3) is 6.36. The highest BCUT2D eigenvalue weighted by Crippen LogP contribution is 2.28. The molecule has 0 radical (unpaired) electrons. The summed E-state index contributed by atoms with van der Waals surface area (Å²) in [6.45, 7) is 4.70. The highest BCUT2D eigenvalue weighted by Gasteiger charge is 2.41. The van der Waals surface area contributed by atoms with E-state index < -0.39 is 41.7 Å². The van der Waals surface area contributed by atoms with Crippen LogP contribution in [0.5, 0.6) is 0 Å². The van der Waals surface area contributed by atoms with Gasteiger partial charge < -0.3 is 10.1 Å². The van der Waals surface area contributed by atoms with Gasteiger partial charge in [0.05, 0.1) is 24.5 Å². The van der Waals surface area contributed by atoms with Crippen LogP contribution in [0.1, 0.15) is 38.6 Å². The van der Waals surface area contributed by atoms with Crippen molar-refractivity contribution in [2.24, 2.45) is 0 Å². The van der Waals surface area contributed by atoms with E-state index in [2.05, 4.69) is 20.3 Å². The van der Waals surface area contributed by atoms with Gasteiger partial charge in [0.1, 0.15) is 29.8 Å². The minimum Gasteiger partial charge on any atom is -0.444 e. The number of likely N-dealkylation sites (tertiary alicyclic amines) is 1. The van der Waals surface area contributed by atoms with Crippen LogP contribution in [0.15, 0.2) is 30.7 Å². The fourth-order valence-corrected chi connectivity index (χ4v) is 3.22. The van der Waals surface area contributed by atoms with E-state index in [9.17, 15) is 27.2 Å². The largest absolute Gasteiger partial charge is 0.444 e. The Balaban J connectivity index is 1.66. The average molecular weight is 469 g/mol. The van der Waals surface area contributed by atoms with Crippen molar-refractivity contribution in [3.05, 3.63) is 42.1 Å². The topological polar surface area (TPSA) is 97.3 Å². The van der Waals surface area contributed by atoms with Crippen molar-refractivity contribution in [3.8, 4) is 11.3 Å². The minimum absolute atomic E-state index is 0.0575. The maximum absolute atomic E-state index is 14.0. The van der Waals surface area contributed by atoms with Gasteiger partial charge in [-0.15, -0.1) is 0 Å². The first-order valence-corrected chi connectivity index (χ1v) is 10.1. The number of amides is 2. The Bertz CT molecular complexity index is 1010. The number of nitrogens with one attached hydrogen (secondary N) is 1. The number of rotatable bonds is 4. The first-order valence-electron chi connectivity index (χ1n) is 10.1. The summed E-state index contributed by atoms with van der Waals surface area (Å²) in [6, 6.07) is 2.54. The molecule has 2 atom stereocenters. The van der Waals surface area contributed by atoms with Gasteiger partial charge in [-0.05, 0) is 39.0 Å². The molecule has 0 aromatic carbocycles. The van der Waals surface area contributed by atoms with Crippen molar-refractivity contribution in [2.45, 2.75) is 57.7 Å². The molecule has 178 valence electrons. The molecule has 2 aromatic rings. The molecule has 1 N–H and O–H groups in total. The molecule has 2 aromatic heterocycles. The van der Waals surface area contributed by atoms with E-state index in [1.165, 1.54) is 18.5 Å². The fraction of sp³-hybridized carbons (Fsp3) is 0.476. The Kier molecular flexibility index (Phi) is 6.84. The molecule has 1 saturated heterocycles. The van der Waals surface area contributed by atoms with Gasteiger partial charge in [0.15, 0.2) is 0 Å². The summed E-state index contributed by atoms with van der Waals surface area (Å²) in [5, 5.41) is 2.61. The van der Waals surface area contributed by atoms with Gasteiger partial charge in [0, 0.05) is 18.2 Å². The summed E-state index contributed by atoms with van der Waals surface area (Å²) in [5.74, 6) is -0.572. The SMILES string of the molecule is CC(C)(C)OC(=O)N1C[C@H](F)C[C@H]1C(=O)NCc1cc(-c2ccc(C(F)(F)F)nc2)ncn1. The maximum Gasteiger partial charge on any atom is 0.433 e. The molecule has 0 spiro atoms. The van der Waals surface area contributed by atoms with Gasteiger partial charge >= 0.3 is 12.3 Å². The molecule has 0 bridgehead atoms. The molecular weight excluding hydrogens is 446 g/mol. The molecule has 1 fully saturated rings. The molecule has 3 rings (SSSR count). The van der Waals surface area contributed by atoms with Crippen LogP contribution >= 0.6 is 0 Å². The van der Waals surface area contributed by atoms with Crippen LogP contribution in [0.2, 0.25) is 0 Å². The summed E-state index contributed by atoms with van der Waals surface area (Å²) >= 11 is 0. The molecule has 8 nitrogen and oxygen atoms in total. The van der Waals surface area contributed by atoms with Crippen molar-refractivity contribution >= 4 is 12.0 Å². The molecule has 33 heavy (non-hydrogen) atoms. The zero-order valence-corrected chi connectivity index (χ0v) is 18.2.